The van der Waals surface area contributed by atoms with Crippen molar-refractivity contribution in [2.45, 2.75) is 18.6 Å². The number of hydrogen-bond donors (Lipinski definition) is 1. The van der Waals surface area contributed by atoms with Gasteiger partial charge in [0.1, 0.15) is 6.10 Å². The molecule has 0 bridgehead atoms. The van der Waals surface area contributed by atoms with Crippen LogP contribution in [0.25, 0.3) is 16.2 Å². The Labute approximate surface area is 164 Å². The SMILES string of the molecule is Clc1ccc(C2OCCC2Nc2nn3cc(-c4cccnc4)nc3s2)cc1. The molecule has 4 aromatic rings. The highest BCUT2D eigenvalue weighted by Crippen LogP contribution is 2.33. The van der Waals surface area contributed by atoms with E-state index >= 15 is 0 Å². The highest BCUT2D eigenvalue weighted by Gasteiger charge is 2.30. The Hall–Kier alpha value is -2.48. The summed E-state index contributed by atoms with van der Waals surface area (Å²) in [6.07, 6.45) is 6.40. The van der Waals surface area contributed by atoms with Gasteiger partial charge < -0.3 is 10.1 Å². The predicted molar refractivity (Wildman–Crippen MR) is 106 cm³/mol. The molecule has 3 aromatic heterocycles. The molecule has 1 aliphatic rings. The van der Waals surface area contributed by atoms with Crippen molar-refractivity contribution in [2.24, 2.45) is 0 Å². The standard InChI is InChI=1S/C19H16ClN5OS/c20-14-5-3-12(4-6-14)17-15(7-9-26-17)22-18-24-25-11-16(23-19(25)27-18)13-2-1-8-21-10-13/h1-6,8,10-11,15,17H,7,9H2,(H,22,24). The zero-order valence-corrected chi connectivity index (χ0v) is 15.8. The molecule has 27 heavy (non-hydrogen) atoms. The minimum Gasteiger partial charge on any atom is -0.371 e. The van der Waals surface area contributed by atoms with E-state index in [1.54, 1.807) is 12.4 Å². The number of anilines is 1. The average molecular weight is 398 g/mol. The predicted octanol–water partition coefficient (Wildman–Crippen LogP) is 4.45. The summed E-state index contributed by atoms with van der Waals surface area (Å²) in [6, 6.07) is 11.9. The van der Waals surface area contributed by atoms with Gasteiger partial charge in [0, 0.05) is 29.6 Å². The molecule has 5 rings (SSSR count). The second-order valence-electron chi connectivity index (χ2n) is 6.38. The molecule has 136 valence electrons. The third kappa shape index (κ3) is 3.29. The lowest BCUT2D eigenvalue weighted by atomic mass is 10.0. The average Bonchev–Trinajstić information content (AvgIpc) is 3.38. The monoisotopic (exact) mass is 397 g/mol. The van der Waals surface area contributed by atoms with E-state index in [1.165, 1.54) is 11.3 Å². The molecular formula is C19H16ClN5OS. The Morgan fingerprint density at radius 2 is 2.11 bits per heavy atom. The van der Waals surface area contributed by atoms with Crippen LogP contribution in [-0.4, -0.2) is 32.2 Å². The van der Waals surface area contributed by atoms with Crippen LogP contribution >= 0.6 is 22.9 Å². The maximum absolute atomic E-state index is 6.00. The van der Waals surface area contributed by atoms with Crippen LogP contribution in [0.4, 0.5) is 5.13 Å². The van der Waals surface area contributed by atoms with Gasteiger partial charge in [-0.05, 0) is 36.2 Å². The number of imidazole rings is 1. The Morgan fingerprint density at radius 1 is 1.22 bits per heavy atom. The van der Waals surface area contributed by atoms with E-state index < -0.39 is 0 Å². The molecule has 0 spiro atoms. The zero-order chi connectivity index (χ0) is 18.2. The van der Waals surface area contributed by atoms with Gasteiger partial charge in [-0.3, -0.25) is 4.98 Å². The molecule has 4 heterocycles. The van der Waals surface area contributed by atoms with Gasteiger partial charge in [-0.15, -0.1) is 5.10 Å². The summed E-state index contributed by atoms with van der Waals surface area (Å²) in [5.41, 5.74) is 2.97. The van der Waals surface area contributed by atoms with E-state index in [0.29, 0.717) is 0 Å². The van der Waals surface area contributed by atoms with Crippen molar-refractivity contribution in [1.29, 1.82) is 0 Å². The number of ether oxygens (including phenoxy) is 1. The molecule has 1 fully saturated rings. The topological polar surface area (TPSA) is 64.3 Å². The van der Waals surface area contributed by atoms with E-state index in [9.17, 15) is 0 Å². The third-order valence-corrected chi connectivity index (χ3v) is 5.71. The van der Waals surface area contributed by atoms with Crippen molar-refractivity contribution in [3.05, 3.63) is 65.6 Å². The summed E-state index contributed by atoms with van der Waals surface area (Å²) in [7, 11) is 0. The first-order chi connectivity index (χ1) is 13.3. The maximum Gasteiger partial charge on any atom is 0.214 e. The van der Waals surface area contributed by atoms with E-state index in [0.717, 1.165) is 45.0 Å². The summed E-state index contributed by atoms with van der Waals surface area (Å²) in [5.74, 6) is 0. The van der Waals surface area contributed by atoms with Crippen molar-refractivity contribution in [1.82, 2.24) is 19.6 Å². The first kappa shape index (κ1) is 16.7. The number of nitrogens with zero attached hydrogens (tertiary/aromatic N) is 4. The number of benzene rings is 1. The van der Waals surface area contributed by atoms with Crippen molar-refractivity contribution >= 4 is 33.0 Å². The van der Waals surface area contributed by atoms with E-state index in [4.69, 9.17) is 16.3 Å². The zero-order valence-electron chi connectivity index (χ0n) is 14.2. The third-order valence-electron chi connectivity index (χ3n) is 4.60. The fourth-order valence-electron chi connectivity index (χ4n) is 3.29. The number of hydrogen-bond acceptors (Lipinski definition) is 6. The van der Waals surface area contributed by atoms with Gasteiger partial charge >= 0.3 is 0 Å². The molecule has 1 N–H and O–H groups in total. The number of aromatic nitrogens is 4. The van der Waals surface area contributed by atoms with Gasteiger partial charge in [-0.2, -0.15) is 0 Å². The van der Waals surface area contributed by atoms with Crippen LogP contribution in [0.5, 0.6) is 0 Å². The van der Waals surface area contributed by atoms with Crippen molar-refractivity contribution in [3.8, 4) is 11.3 Å². The van der Waals surface area contributed by atoms with Crippen LogP contribution in [0.3, 0.4) is 0 Å². The van der Waals surface area contributed by atoms with Crippen molar-refractivity contribution in [3.63, 3.8) is 0 Å². The molecule has 1 saturated heterocycles. The fourth-order valence-corrected chi connectivity index (χ4v) is 4.26. The summed E-state index contributed by atoms with van der Waals surface area (Å²) in [4.78, 5) is 9.65. The normalized spacial score (nSPS) is 19.6. The molecule has 0 radical (unpaired) electrons. The number of rotatable bonds is 4. The van der Waals surface area contributed by atoms with Crippen LogP contribution < -0.4 is 5.32 Å². The second kappa shape index (κ2) is 6.92. The molecule has 2 unspecified atom stereocenters. The first-order valence-corrected chi connectivity index (χ1v) is 9.86. The molecule has 8 heteroatoms. The van der Waals surface area contributed by atoms with Crippen molar-refractivity contribution < 1.29 is 4.74 Å². The van der Waals surface area contributed by atoms with Gasteiger partial charge in [0.15, 0.2) is 0 Å². The molecular weight excluding hydrogens is 382 g/mol. The van der Waals surface area contributed by atoms with Gasteiger partial charge in [-0.1, -0.05) is 35.1 Å². The van der Waals surface area contributed by atoms with Crippen LogP contribution in [0, 0.1) is 0 Å². The fraction of sp³-hybridized carbons (Fsp3) is 0.211. The number of halogens is 1. The van der Waals surface area contributed by atoms with Crippen LogP contribution in [-0.2, 0) is 4.74 Å². The Bertz CT molecular complexity index is 1030. The highest BCUT2D eigenvalue weighted by atomic mass is 35.5. The second-order valence-corrected chi connectivity index (χ2v) is 7.78. The summed E-state index contributed by atoms with van der Waals surface area (Å²) in [5, 5.41) is 9.71. The van der Waals surface area contributed by atoms with Gasteiger partial charge in [0.25, 0.3) is 0 Å². The van der Waals surface area contributed by atoms with Gasteiger partial charge in [0.2, 0.25) is 10.1 Å². The number of pyridine rings is 1. The lowest BCUT2D eigenvalue weighted by molar-refractivity contribution is 0.107. The minimum atomic E-state index is -0.00978. The Balaban J connectivity index is 1.36. The van der Waals surface area contributed by atoms with Crippen molar-refractivity contribution in [2.75, 3.05) is 11.9 Å². The molecule has 1 aliphatic heterocycles. The summed E-state index contributed by atoms with van der Waals surface area (Å²) >= 11 is 7.53. The summed E-state index contributed by atoms with van der Waals surface area (Å²) < 4.78 is 7.75. The molecule has 0 aliphatic carbocycles. The lowest BCUT2D eigenvalue weighted by Gasteiger charge is -2.19. The maximum atomic E-state index is 6.00. The van der Waals surface area contributed by atoms with Crippen LogP contribution in [0.15, 0.2) is 55.0 Å². The molecule has 6 nitrogen and oxygen atoms in total. The summed E-state index contributed by atoms with van der Waals surface area (Å²) in [6.45, 7) is 0.721. The quantitative estimate of drug-likeness (QED) is 0.551. The van der Waals surface area contributed by atoms with E-state index in [1.807, 2.05) is 47.1 Å². The Kier molecular flexibility index (Phi) is 4.27. The molecule has 0 saturated carbocycles. The lowest BCUT2D eigenvalue weighted by Crippen LogP contribution is -2.23. The van der Waals surface area contributed by atoms with Crippen LogP contribution in [0.1, 0.15) is 18.1 Å². The molecule has 0 amide bonds. The Morgan fingerprint density at radius 3 is 2.89 bits per heavy atom. The molecule has 1 aromatic carbocycles. The van der Waals surface area contributed by atoms with Gasteiger partial charge in [0.05, 0.1) is 17.9 Å². The largest absolute Gasteiger partial charge is 0.371 e. The number of nitrogens with one attached hydrogen (secondary N) is 1. The first-order valence-electron chi connectivity index (χ1n) is 8.66. The minimum absolute atomic E-state index is 0.00978. The van der Waals surface area contributed by atoms with E-state index in [-0.39, 0.29) is 12.1 Å². The van der Waals surface area contributed by atoms with Crippen LogP contribution in [0.2, 0.25) is 5.02 Å². The molecule has 2 atom stereocenters. The smallest absolute Gasteiger partial charge is 0.214 e. The van der Waals surface area contributed by atoms with E-state index in [2.05, 4.69) is 20.4 Å². The highest BCUT2D eigenvalue weighted by molar-refractivity contribution is 7.20. The number of fused-ring (bicyclic) bond motifs is 1. The van der Waals surface area contributed by atoms with Gasteiger partial charge in [-0.25, -0.2) is 9.50 Å².